The van der Waals surface area contributed by atoms with Crippen LogP contribution in [-0.2, 0) is 6.54 Å². The van der Waals surface area contributed by atoms with Gasteiger partial charge in [-0.3, -0.25) is 0 Å². The highest BCUT2D eigenvalue weighted by Crippen LogP contribution is 2.27. The van der Waals surface area contributed by atoms with Crippen molar-refractivity contribution >= 4 is 35.1 Å². The van der Waals surface area contributed by atoms with E-state index in [-0.39, 0.29) is 18.6 Å². The number of halogens is 1. The van der Waals surface area contributed by atoms with E-state index in [0.29, 0.717) is 28.2 Å². The third-order valence-electron chi connectivity index (χ3n) is 5.14. The van der Waals surface area contributed by atoms with E-state index in [1.165, 1.54) is 4.90 Å². The molecule has 0 spiro atoms. The molecule has 2 amide bonds. The molecule has 0 bridgehead atoms. The van der Waals surface area contributed by atoms with Gasteiger partial charge in [0.2, 0.25) is 5.95 Å². The number of rotatable bonds is 8. The molecule has 0 aliphatic rings. The van der Waals surface area contributed by atoms with Crippen molar-refractivity contribution in [1.82, 2.24) is 15.3 Å². The molecule has 0 saturated heterocycles. The van der Waals surface area contributed by atoms with E-state index >= 15 is 0 Å². The lowest BCUT2D eigenvalue weighted by Crippen LogP contribution is -2.40. The smallest absolute Gasteiger partial charge is 0.327 e. The van der Waals surface area contributed by atoms with Crippen LogP contribution in [0.25, 0.3) is 0 Å². The summed E-state index contributed by atoms with van der Waals surface area (Å²) in [5.41, 5.74) is 0.484. The van der Waals surface area contributed by atoms with Crippen molar-refractivity contribution in [2.45, 2.75) is 39.0 Å². The van der Waals surface area contributed by atoms with Crippen molar-refractivity contribution in [1.29, 1.82) is 0 Å². The molecule has 0 saturated carbocycles. The van der Waals surface area contributed by atoms with Gasteiger partial charge in [0.25, 0.3) is 0 Å². The van der Waals surface area contributed by atoms with Crippen LogP contribution in [0.5, 0.6) is 5.75 Å². The first kappa shape index (κ1) is 24.3. The minimum absolute atomic E-state index is 0.290. The summed E-state index contributed by atoms with van der Waals surface area (Å²) in [6.07, 6.45) is 1.56. The van der Waals surface area contributed by atoms with E-state index in [0.717, 1.165) is 5.56 Å². The lowest BCUT2D eigenvalue weighted by atomic mass is 10.0. The molecule has 3 rings (SSSR count). The number of ether oxygens (including phenoxy) is 1. The van der Waals surface area contributed by atoms with Crippen LogP contribution in [0.2, 0.25) is 5.02 Å². The molecule has 0 fully saturated rings. The van der Waals surface area contributed by atoms with E-state index in [2.05, 4.69) is 20.6 Å². The Bertz CT molecular complexity index is 1090. The first-order chi connectivity index (χ1) is 15.7. The Kier molecular flexibility index (Phi) is 7.73. The molecular formula is C24H28ClN5O3. The summed E-state index contributed by atoms with van der Waals surface area (Å²) in [6.45, 7) is 5.51. The van der Waals surface area contributed by atoms with E-state index in [1.54, 1.807) is 69.6 Å². The lowest BCUT2D eigenvalue weighted by Gasteiger charge is -2.27. The van der Waals surface area contributed by atoms with Gasteiger partial charge in [0, 0.05) is 23.8 Å². The van der Waals surface area contributed by atoms with Gasteiger partial charge in [-0.2, -0.15) is 4.98 Å². The van der Waals surface area contributed by atoms with Crippen molar-refractivity contribution in [2.75, 3.05) is 17.3 Å². The lowest BCUT2D eigenvalue weighted by molar-refractivity contribution is 0.0646. The molecule has 0 aliphatic heterocycles. The number of hydrogen-bond acceptors (Lipinski definition) is 6. The number of carbonyl (C=O) groups excluding carboxylic acids is 1. The van der Waals surface area contributed by atoms with E-state index in [9.17, 15) is 9.90 Å². The van der Waals surface area contributed by atoms with Crippen LogP contribution in [0.15, 0.2) is 60.8 Å². The Labute approximate surface area is 198 Å². The summed E-state index contributed by atoms with van der Waals surface area (Å²) in [7, 11) is 1.58. The van der Waals surface area contributed by atoms with Gasteiger partial charge in [-0.25, -0.2) is 14.7 Å². The van der Waals surface area contributed by atoms with Crippen LogP contribution >= 0.6 is 11.6 Å². The van der Waals surface area contributed by atoms with Gasteiger partial charge in [0.15, 0.2) is 0 Å². The molecule has 0 aliphatic carbocycles. The Hall–Kier alpha value is -3.36. The number of hydrogen-bond donors (Lipinski definition) is 3. The van der Waals surface area contributed by atoms with Gasteiger partial charge in [-0.15, -0.1) is 0 Å². The Morgan fingerprint density at radius 1 is 1.21 bits per heavy atom. The molecular weight excluding hydrogens is 442 g/mol. The van der Waals surface area contributed by atoms with Crippen molar-refractivity contribution in [3.05, 3.63) is 71.4 Å². The van der Waals surface area contributed by atoms with Gasteiger partial charge in [0.05, 0.1) is 24.4 Å². The number of aliphatic hydroxyl groups is 1. The summed E-state index contributed by atoms with van der Waals surface area (Å²) in [6, 6.07) is 15.3. The standard InChI is InChI=1S/C24H28ClN5O3/c1-16(24(2,3)32)28-22-26-13-12-21(29-22)30(19-8-10-20(33-4)11-9-19)23(31)27-15-17-6-5-7-18(25)14-17/h5-14,16,32H,15H2,1-4H3,(H,27,31)(H,26,28,29)/t16-/m0/s1. The second-order valence-corrected chi connectivity index (χ2v) is 8.52. The summed E-state index contributed by atoms with van der Waals surface area (Å²) in [5, 5.41) is 16.8. The van der Waals surface area contributed by atoms with Gasteiger partial charge < -0.3 is 20.5 Å². The summed E-state index contributed by atoms with van der Waals surface area (Å²) in [4.78, 5) is 23.5. The molecule has 1 aromatic heterocycles. The minimum atomic E-state index is -0.983. The zero-order valence-electron chi connectivity index (χ0n) is 19.0. The fourth-order valence-electron chi connectivity index (χ4n) is 2.90. The van der Waals surface area contributed by atoms with Crippen LogP contribution in [0.4, 0.5) is 22.2 Å². The number of nitrogens with one attached hydrogen (secondary N) is 2. The Morgan fingerprint density at radius 2 is 1.94 bits per heavy atom. The molecule has 174 valence electrons. The predicted octanol–water partition coefficient (Wildman–Crippen LogP) is 4.76. The van der Waals surface area contributed by atoms with Crippen LogP contribution in [0.3, 0.4) is 0 Å². The predicted molar refractivity (Wildman–Crippen MR) is 130 cm³/mol. The van der Waals surface area contributed by atoms with Gasteiger partial charge >= 0.3 is 6.03 Å². The summed E-state index contributed by atoms with van der Waals surface area (Å²) >= 11 is 6.06. The van der Waals surface area contributed by atoms with Gasteiger partial charge in [-0.05, 0) is 62.7 Å². The molecule has 1 heterocycles. The zero-order chi connectivity index (χ0) is 24.0. The number of amides is 2. The molecule has 3 N–H and O–H groups in total. The number of aromatic nitrogens is 2. The fraction of sp³-hybridized carbons (Fsp3) is 0.292. The molecule has 9 heteroatoms. The maximum absolute atomic E-state index is 13.3. The third kappa shape index (κ3) is 6.57. The largest absolute Gasteiger partial charge is 0.497 e. The van der Waals surface area contributed by atoms with E-state index < -0.39 is 5.60 Å². The van der Waals surface area contributed by atoms with Gasteiger partial charge in [-0.1, -0.05) is 23.7 Å². The highest BCUT2D eigenvalue weighted by Gasteiger charge is 2.24. The normalized spacial score (nSPS) is 12.1. The number of anilines is 3. The van der Waals surface area contributed by atoms with Crippen LogP contribution < -0.4 is 20.3 Å². The highest BCUT2D eigenvalue weighted by atomic mass is 35.5. The molecule has 1 atom stereocenters. The first-order valence-electron chi connectivity index (χ1n) is 10.5. The second kappa shape index (κ2) is 10.5. The van der Waals surface area contributed by atoms with Crippen LogP contribution in [0.1, 0.15) is 26.3 Å². The van der Waals surface area contributed by atoms with E-state index in [4.69, 9.17) is 16.3 Å². The molecule has 0 unspecified atom stereocenters. The number of methoxy groups -OCH3 is 1. The first-order valence-corrected chi connectivity index (χ1v) is 10.8. The molecule has 8 nitrogen and oxygen atoms in total. The maximum Gasteiger partial charge on any atom is 0.327 e. The van der Waals surface area contributed by atoms with Crippen molar-refractivity contribution in [3.63, 3.8) is 0 Å². The second-order valence-electron chi connectivity index (χ2n) is 8.08. The van der Waals surface area contributed by atoms with Crippen molar-refractivity contribution < 1.29 is 14.6 Å². The minimum Gasteiger partial charge on any atom is -0.497 e. The topological polar surface area (TPSA) is 99.6 Å². The van der Waals surface area contributed by atoms with Crippen molar-refractivity contribution in [3.8, 4) is 5.75 Å². The quantitative estimate of drug-likeness (QED) is 0.440. The Balaban J connectivity index is 1.89. The van der Waals surface area contributed by atoms with Crippen LogP contribution in [-0.4, -0.2) is 39.9 Å². The summed E-state index contributed by atoms with van der Waals surface area (Å²) < 4.78 is 5.24. The number of urea groups is 1. The Morgan fingerprint density at radius 3 is 2.58 bits per heavy atom. The highest BCUT2D eigenvalue weighted by molar-refractivity contribution is 6.30. The van der Waals surface area contributed by atoms with Gasteiger partial charge in [0.1, 0.15) is 11.6 Å². The fourth-order valence-corrected chi connectivity index (χ4v) is 3.11. The monoisotopic (exact) mass is 469 g/mol. The molecule has 0 radical (unpaired) electrons. The van der Waals surface area contributed by atoms with E-state index in [1.807, 2.05) is 19.1 Å². The maximum atomic E-state index is 13.3. The number of nitrogens with zero attached hydrogens (tertiary/aromatic N) is 3. The summed E-state index contributed by atoms with van der Waals surface area (Å²) in [5.74, 6) is 1.33. The average Bonchev–Trinajstić information content (AvgIpc) is 2.78. The number of benzene rings is 2. The average molecular weight is 470 g/mol. The third-order valence-corrected chi connectivity index (χ3v) is 5.38. The SMILES string of the molecule is COc1ccc(N(C(=O)NCc2cccc(Cl)c2)c2ccnc(N[C@@H](C)C(C)(C)O)n2)cc1. The number of carbonyl (C=O) groups is 1. The zero-order valence-corrected chi connectivity index (χ0v) is 19.8. The molecule has 3 aromatic rings. The molecule has 33 heavy (non-hydrogen) atoms. The molecule has 2 aromatic carbocycles. The van der Waals surface area contributed by atoms with Crippen molar-refractivity contribution in [2.24, 2.45) is 0 Å². The van der Waals surface area contributed by atoms with Crippen LogP contribution in [0, 0.1) is 0 Å².